The van der Waals surface area contributed by atoms with Crippen molar-refractivity contribution in [3.63, 3.8) is 0 Å². The minimum atomic E-state index is -7.91. The van der Waals surface area contributed by atoms with Crippen LogP contribution in [0.5, 0.6) is 0 Å². The van der Waals surface area contributed by atoms with E-state index in [1.165, 1.54) is 0 Å². The van der Waals surface area contributed by atoms with Gasteiger partial charge in [-0.05, 0) is 17.9 Å². The number of rotatable bonds is 10. The van der Waals surface area contributed by atoms with E-state index in [-0.39, 0.29) is 63.1 Å². The minimum absolute atomic E-state index is 0. The van der Waals surface area contributed by atoms with Crippen molar-refractivity contribution in [2.24, 2.45) is 0 Å². The first-order chi connectivity index (χ1) is 11.7. The third-order valence-electron chi connectivity index (χ3n) is 3.01. The van der Waals surface area contributed by atoms with Crippen LogP contribution in [0.1, 0.15) is 12.8 Å². The third kappa shape index (κ3) is 5.82. The van der Waals surface area contributed by atoms with Crippen molar-refractivity contribution in [1.29, 1.82) is 0 Å². The van der Waals surface area contributed by atoms with Gasteiger partial charge in [0.25, 0.3) is 0 Å². The molecule has 0 aliphatic carbocycles. The summed E-state index contributed by atoms with van der Waals surface area (Å²) in [5.74, 6) is -40.3. The maximum atomic E-state index is 13.3. The summed E-state index contributed by atoms with van der Waals surface area (Å²) < 4.78 is 166. The average Bonchev–Trinajstić information content (AvgIpc) is 2.44. The average molecular weight is 490 g/mol. The van der Waals surface area contributed by atoms with Crippen LogP contribution in [0.2, 0.25) is 0 Å². The van der Waals surface area contributed by atoms with E-state index in [0.29, 0.717) is 0 Å². The molecule has 0 aromatic heterocycles. The fourth-order valence-corrected chi connectivity index (χ4v) is 2.33. The van der Waals surface area contributed by atoms with Gasteiger partial charge in [0.1, 0.15) is 0 Å². The van der Waals surface area contributed by atoms with Crippen molar-refractivity contribution in [2.45, 2.75) is 48.6 Å². The van der Waals surface area contributed by atoms with E-state index in [4.69, 9.17) is 0 Å². The Hall–Kier alpha value is 0.546. The van der Waals surface area contributed by atoms with Gasteiger partial charge in [-0.25, -0.2) is 0 Å². The van der Waals surface area contributed by atoms with Crippen molar-refractivity contribution in [3.05, 3.63) is 0 Å². The molecule has 0 unspecified atom stereocenters. The number of halogens is 13. The maximum Gasteiger partial charge on any atom is 1.00 e. The summed E-state index contributed by atoms with van der Waals surface area (Å²) in [5, 5.41) is 10.00. The second kappa shape index (κ2) is 9.78. The van der Waals surface area contributed by atoms with E-state index in [9.17, 15) is 67.0 Å². The zero-order chi connectivity index (χ0) is 22.1. The molecule has 0 aliphatic heterocycles. The van der Waals surface area contributed by atoms with Crippen LogP contribution in [0.4, 0.5) is 57.1 Å². The number of carbonyl (C=O) groups excluding carboxylic acids is 1. The summed E-state index contributed by atoms with van der Waals surface area (Å²) in [5.41, 5.74) is 0. The Labute approximate surface area is 195 Å². The first kappa shape index (κ1) is 30.7. The number of hydrogen-bond donors (Lipinski definition) is 0. The number of alkyl halides is 13. The summed E-state index contributed by atoms with van der Waals surface area (Å²) in [6.45, 7) is 0. The van der Waals surface area contributed by atoms with Crippen LogP contribution >= 0.6 is 11.8 Å². The largest absolute Gasteiger partial charge is 1.00 e. The van der Waals surface area contributed by atoms with Crippen molar-refractivity contribution in [1.82, 2.24) is 0 Å². The Bertz CT molecular complexity index is 535. The van der Waals surface area contributed by atoms with Gasteiger partial charge in [-0.3, -0.25) is 0 Å². The quantitative estimate of drug-likeness (QED) is 0.261. The summed E-state index contributed by atoms with van der Waals surface area (Å²) >= 11 is 0.158. The van der Waals surface area contributed by atoms with Gasteiger partial charge in [0.05, 0.1) is 0 Å². The zero-order valence-corrected chi connectivity index (χ0v) is 17.4. The van der Waals surface area contributed by atoms with E-state index in [1.807, 2.05) is 0 Å². The summed E-state index contributed by atoms with van der Waals surface area (Å²) in [7, 11) is 0. The molecule has 0 bridgehead atoms. The van der Waals surface area contributed by atoms with Crippen LogP contribution in [0, 0.1) is 0 Å². The second-order valence-corrected chi connectivity index (χ2v) is 6.21. The molecule has 0 spiro atoms. The third-order valence-corrected chi connectivity index (χ3v) is 3.99. The molecule has 162 valence electrons. The standard InChI is InChI=1S/C11H9F13O2S.K/c12-6(13,2-4-27-3-1-5(25)26)7(14,15)8(16,17)9(18,19)10(20,21)11(22,23)24;/h1-4H2,(H,25,26);/q;+1/p-1. The van der Waals surface area contributed by atoms with Crippen molar-refractivity contribution < 1.29 is 118 Å². The van der Waals surface area contributed by atoms with Crippen LogP contribution in [0.15, 0.2) is 0 Å². The topological polar surface area (TPSA) is 40.1 Å². The van der Waals surface area contributed by atoms with Crippen LogP contribution in [-0.2, 0) is 4.79 Å². The molecule has 28 heavy (non-hydrogen) atoms. The molecular weight excluding hydrogens is 482 g/mol. The fourth-order valence-electron chi connectivity index (χ4n) is 1.42. The number of thioether (sulfide) groups is 1. The van der Waals surface area contributed by atoms with E-state index in [2.05, 4.69) is 0 Å². The predicted molar refractivity (Wildman–Crippen MR) is 62.4 cm³/mol. The van der Waals surface area contributed by atoms with Gasteiger partial charge in [0, 0.05) is 12.4 Å². The van der Waals surface area contributed by atoms with Crippen molar-refractivity contribution in [3.8, 4) is 0 Å². The number of aliphatic carboxylic acids is 1. The van der Waals surface area contributed by atoms with Gasteiger partial charge in [-0.2, -0.15) is 68.8 Å². The molecular formula is C11H8F13KO2S. The fraction of sp³-hybridized carbons (Fsp3) is 0.909. The monoisotopic (exact) mass is 490 g/mol. The number of carboxylic acid groups (broad SMARTS) is 1. The molecule has 0 rings (SSSR count). The number of carbonyl (C=O) groups is 1. The zero-order valence-electron chi connectivity index (χ0n) is 13.5. The molecule has 0 aromatic rings. The van der Waals surface area contributed by atoms with Crippen molar-refractivity contribution >= 4 is 17.7 Å². The molecule has 0 heterocycles. The molecule has 0 amide bonds. The minimum Gasteiger partial charge on any atom is -0.550 e. The first-order valence-corrected chi connectivity index (χ1v) is 7.55. The Morgan fingerprint density at radius 3 is 1.43 bits per heavy atom. The van der Waals surface area contributed by atoms with Crippen LogP contribution in [0.25, 0.3) is 0 Å². The molecule has 0 aliphatic rings. The Morgan fingerprint density at radius 2 is 1.07 bits per heavy atom. The summed E-state index contributed by atoms with van der Waals surface area (Å²) in [6, 6.07) is 0. The number of hydrogen-bond acceptors (Lipinski definition) is 3. The molecule has 0 saturated carbocycles. The molecule has 0 N–H and O–H groups in total. The second-order valence-electron chi connectivity index (χ2n) is 4.98. The summed E-state index contributed by atoms with van der Waals surface area (Å²) in [6.07, 6.45) is -10.6. The van der Waals surface area contributed by atoms with Crippen LogP contribution < -0.4 is 56.5 Å². The van der Waals surface area contributed by atoms with Crippen LogP contribution in [0.3, 0.4) is 0 Å². The molecule has 17 heteroatoms. The normalized spacial score (nSPS) is 14.6. The SMILES string of the molecule is O=C([O-])CCSCCC(F)(F)C(F)(F)C(F)(F)C(F)(F)C(F)(F)C(F)(F)F.[K+]. The van der Waals surface area contributed by atoms with Crippen molar-refractivity contribution in [2.75, 3.05) is 11.5 Å². The van der Waals surface area contributed by atoms with Gasteiger partial charge in [0.15, 0.2) is 0 Å². The molecule has 0 aromatic carbocycles. The van der Waals surface area contributed by atoms with Gasteiger partial charge in [-0.1, -0.05) is 0 Å². The maximum absolute atomic E-state index is 13.3. The van der Waals surface area contributed by atoms with E-state index >= 15 is 0 Å². The molecule has 2 nitrogen and oxygen atoms in total. The van der Waals surface area contributed by atoms with Gasteiger partial charge in [0.2, 0.25) is 0 Å². The van der Waals surface area contributed by atoms with E-state index < -0.39 is 66.1 Å². The van der Waals surface area contributed by atoms with Gasteiger partial charge in [-0.15, -0.1) is 0 Å². The Morgan fingerprint density at radius 1 is 0.679 bits per heavy atom. The predicted octanol–water partition coefficient (Wildman–Crippen LogP) is 0.993. The molecule has 0 fully saturated rings. The van der Waals surface area contributed by atoms with Crippen LogP contribution in [-0.4, -0.2) is 53.3 Å². The molecule has 0 radical (unpaired) electrons. The van der Waals surface area contributed by atoms with E-state index in [1.54, 1.807) is 0 Å². The summed E-state index contributed by atoms with van der Waals surface area (Å²) in [4.78, 5) is 10.00. The first-order valence-electron chi connectivity index (χ1n) is 6.40. The molecule has 0 atom stereocenters. The molecule has 0 saturated heterocycles. The Balaban J connectivity index is 0. The smallest absolute Gasteiger partial charge is 0.550 e. The van der Waals surface area contributed by atoms with Gasteiger partial charge >= 0.3 is 87.2 Å². The van der Waals surface area contributed by atoms with Gasteiger partial charge < -0.3 is 9.90 Å². The Kier molecular flexibility index (Phi) is 10.7. The van der Waals surface area contributed by atoms with E-state index in [0.717, 1.165) is 0 Å². The number of carboxylic acids is 1.